The molecule has 0 unspecified atom stereocenters. The molecule has 2 nitrogen and oxygen atoms in total. The molecule has 1 heterocycles. The molecule has 2 N–H and O–H groups in total. The van der Waals surface area contributed by atoms with Crippen LogP contribution in [0.3, 0.4) is 0 Å². The highest BCUT2D eigenvalue weighted by atomic mass is 79.9. The first-order valence-corrected chi connectivity index (χ1v) is 7.35. The van der Waals surface area contributed by atoms with Crippen molar-refractivity contribution in [3.63, 3.8) is 0 Å². The van der Waals surface area contributed by atoms with Crippen LogP contribution in [0.1, 0.15) is 9.67 Å². The van der Waals surface area contributed by atoms with E-state index >= 15 is 0 Å². The maximum absolute atomic E-state index is 11.7. The molecule has 0 spiro atoms. The largest absolute Gasteiger partial charge is 0.365 e. The second-order valence-electron chi connectivity index (χ2n) is 4.18. The van der Waals surface area contributed by atoms with Gasteiger partial charge in [0.05, 0.1) is 0 Å². The zero-order valence-electron chi connectivity index (χ0n) is 9.89. The lowest BCUT2D eigenvalue weighted by atomic mass is 10.0. The fraction of sp³-hybridized carbons (Fsp3) is 0. The second-order valence-corrected chi connectivity index (χ2v) is 6.14. The molecule has 0 saturated carbocycles. The lowest BCUT2D eigenvalue weighted by Crippen LogP contribution is -2.09. The standard InChI is InChI=1S/C15H10BrNOS/c16-10-6-7-12-11(8-10)13(14(19-12)15(17)18)9-4-2-1-3-5-9/h1-8H,(H2,17,18). The van der Waals surface area contributed by atoms with Crippen LogP contribution in [-0.2, 0) is 0 Å². The van der Waals surface area contributed by atoms with Crippen molar-refractivity contribution in [3.8, 4) is 11.1 Å². The van der Waals surface area contributed by atoms with Crippen LogP contribution < -0.4 is 5.73 Å². The van der Waals surface area contributed by atoms with Crippen LogP contribution in [0.5, 0.6) is 0 Å². The van der Waals surface area contributed by atoms with E-state index in [1.54, 1.807) is 0 Å². The lowest BCUT2D eigenvalue weighted by Gasteiger charge is -2.02. The predicted molar refractivity (Wildman–Crippen MR) is 83.5 cm³/mol. The summed E-state index contributed by atoms with van der Waals surface area (Å²) in [4.78, 5) is 12.3. The third kappa shape index (κ3) is 2.17. The number of rotatable bonds is 2. The van der Waals surface area contributed by atoms with Gasteiger partial charge in [0.1, 0.15) is 4.88 Å². The Morgan fingerprint density at radius 1 is 1.11 bits per heavy atom. The van der Waals surface area contributed by atoms with Crippen molar-refractivity contribution in [2.24, 2.45) is 5.73 Å². The van der Waals surface area contributed by atoms with Crippen molar-refractivity contribution in [3.05, 3.63) is 57.9 Å². The minimum atomic E-state index is -0.379. The average molecular weight is 332 g/mol. The van der Waals surface area contributed by atoms with Crippen LogP contribution >= 0.6 is 27.3 Å². The van der Waals surface area contributed by atoms with Crippen LogP contribution in [-0.4, -0.2) is 5.91 Å². The minimum absolute atomic E-state index is 0.379. The van der Waals surface area contributed by atoms with E-state index in [1.807, 2.05) is 48.5 Å². The third-order valence-electron chi connectivity index (χ3n) is 2.94. The smallest absolute Gasteiger partial charge is 0.259 e. The van der Waals surface area contributed by atoms with Gasteiger partial charge in [0.2, 0.25) is 0 Å². The van der Waals surface area contributed by atoms with Gasteiger partial charge in [-0.1, -0.05) is 46.3 Å². The Balaban J connectivity index is 2.40. The molecule has 4 heteroatoms. The Kier molecular flexibility index (Phi) is 3.12. The minimum Gasteiger partial charge on any atom is -0.365 e. The Morgan fingerprint density at radius 2 is 1.84 bits per heavy atom. The van der Waals surface area contributed by atoms with E-state index < -0.39 is 0 Å². The van der Waals surface area contributed by atoms with E-state index in [4.69, 9.17) is 5.73 Å². The summed E-state index contributed by atoms with van der Waals surface area (Å²) >= 11 is 4.91. The lowest BCUT2D eigenvalue weighted by molar-refractivity contribution is 0.100. The van der Waals surface area contributed by atoms with Gasteiger partial charge in [-0.25, -0.2) is 0 Å². The molecule has 19 heavy (non-hydrogen) atoms. The molecule has 1 aromatic heterocycles. The highest BCUT2D eigenvalue weighted by molar-refractivity contribution is 9.10. The van der Waals surface area contributed by atoms with Crippen molar-refractivity contribution < 1.29 is 4.79 Å². The third-order valence-corrected chi connectivity index (χ3v) is 4.61. The summed E-state index contributed by atoms with van der Waals surface area (Å²) in [6.07, 6.45) is 0. The van der Waals surface area contributed by atoms with E-state index in [0.717, 1.165) is 25.7 Å². The highest BCUT2D eigenvalue weighted by Gasteiger charge is 2.17. The summed E-state index contributed by atoms with van der Waals surface area (Å²) in [5.41, 5.74) is 7.45. The molecule has 0 aliphatic carbocycles. The normalized spacial score (nSPS) is 10.8. The van der Waals surface area contributed by atoms with E-state index in [2.05, 4.69) is 15.9 Å². The highest BCUT2D eigenvalue weighted by Crippen LogP contribution is 2.39. The van der Waals surface area contributed by atoms with Gasteiger partial charge in [-0.3, -0.25) is 4.79 Å². The monoisotopic (exact) mass is 331 g/mol. The van der Waals surface area contributed by atoms with Gasteiger partial charge in [0, 0.05) is 20.1 Å². The SMILES string of the molecule is NC(=O)c1sc2ccc(Br)cc2c1-c1ccccc1. The number of amides is 1. The molecule has 94 valence electrons. The van der Waals surface area contributed by atoms with Crippen molar-refractivity contribution in [2.75, 3.05) is 0 Å². The van der Waals surface area contributed by atoms with E-state index in [0.29, 0.717) is 4.88 Å². The fourth-order valence-corrected chi connectivity index (χ4v) is 3.55. The molecule has 0 aliphatic rings. The molecular weight excluding hydrogens is 322 g/mol. The van der Waals surface area contributed by atoms with Crippen molar-refractivity contribution in [1.29, 1.82) is 0 Å². The summed E-state index contributed by atoms with van der Waals surface area (Å²) < 4.78 is 2.06. The summed E-state index contributed by atoms with van der Waals surface area (Å²) in [7, 11) is 0. The number of hydrogen-bond acceptors (Lipinski definition) is 2. The summed E-state index contributed by atoms with van der Waals surface area (Å²) in [5, 5.41) is 1.05. The second kappa shape index (κ2) is 4.79. The van der Waals surface area contributed by atoms with Gasteiger partial charge in [-0.2, -0.15) is 0 Å². The van der Waals surface area contributed by atoms with Gasteiger partial charge in [0.15, 0.2) is 0 Å². The molecule has 0 radical (unpaired) electrons. The number of primary amides is 1. The molecule has 2 aromatic carbocycles. The van der Waals surface area contributed by atoms with Gasteiger partial charge in [-0.15, -0.1) is 11.3 Å². The summed E-state index contributed by atoms with van der Waals surface area (Å²) in [6, 6.07) is 15.9. The van der Waals surface area contributed by atoms with Crippen LogP contribution in [0.15, 0.2) is 53.0 Å². The number of carbonyl (C=O) groups excluding carboxylic acids is 1. The molecule has 0 saturated heterocycles. The van der Waals surface area contributed by atoms with Crippen LogP contribution in [0.4, 0.5) is 0 Å². The van der Waals surface area contributed by atoms with Gasteiger partial charge in [-0.05, 0) is 23.8 Å². The molecule has 3 aromatic rings. The number of thiophene rings is 1. The number of halogens is 1. The quantitative estimate of drug-likeness (QED) is 0.741. The van der Waals surface area contributed by atoms with Crippen LogP contribution in [0, 0.1) is 0 Å². The van der Waals surface area contributed by atoms with Crippen LogP contribution in [0.25, 0.3) is 21.2 Å². The summed E-state index contributed by atoms with van der Waals surface area (Å²) in [6.45, 7) is 0. The molecule has 0 aliphatic heterocycles. The molecule has 1 amide bonds. The molecule has 3 rings (SSSR count). The van der Waals surface area contributed by atoms with Crippen molar-refractivity contribution in [2.45, 2.75) is 0 Å². The number of carbonyl (C=O) groups is 1. The van der Waals surface area contributed by atoms with E-state index in [-0.39, 0.29) is 5.91 Å². The zero-order valence-corrected chi connectivity index (χ0v) is 12.3. The molecule has 0 bridgehead atoms. The first kappa shape index (κ1) is 12.4. The molecule has 0 atom stereocenters. The summed E-state index contributed by atoms with van der Waals surface area (Å²) in [5.74, 6) is -0.379. The van der Waals surface area contributed by atoms with Gasteiger partial charge in [0.25, 0.3) is 5.91 Å². The predicted octanol–water partition coefficient (Wildman–Crippen LogP) is 4.43. The number of nitrogens with two attached hydrogens (primary N) is 1. The van der Waals surface area contributed by atoms with Gasteiger partial charge >= 0.3 is 0 Å². The average Bonchev–Trinajstić information content (AvgIpc) is 2.78. The Morgan fingerprint density at radius 3 is 2.53 bits per heavy atom. The maximum atomic E-state index is 11.7. The number of hydrogen-bond donors (Lipinski definition) is 1. The van der Waals surface area contributed by atoms with Crippen molar-refractivity contribution in [1.82, 2.24) is 0 Å². The number of benzene rings is 2. The Bertz CT molecular complexity index is 764. The fourth-order valence-electron chi connectivity index (χ4n) is 2.13. The van der Waals surface area contributed by atoms with E-state index in [1.165, 1.54) is 11.3 Å². The topological polar surface area (TPSA) is 43.1 Å². The number of fused-ring (bicyclic) bond motifs is 1. The maximum Gasteiger partial charge on any atom is 0.259 e. The first-order valence-electron chi connectivity index (χ1n) is 5.74. The first-order chi connectivity index (χ1) is 9.16. The van der Waals surface area contributed by atoms with Crippen molar-refractivity contribution >= 4 is 43.3 Å². The molecular formula is C15H10BrNOS. The van der Waals surface area contributed by atoms with E-state index in [9.17, 15) is 4.79 Å². The van der Waals surface area contributed by atoms with Crippen LogP contribution in [0.2, 0.25) is 0 Å². The Labute approximate surface area is 123 Å². The molecule has 0 fully saturated rings. The zero-order chi connectivity index (χ0) is 13.4. The van der Waals surface area contributed by atoms with Gasteiger partial charge < -0.3 is 5.73 Å². The Hall–Kier alpha value is -1.65.